The number of hydrogen-bond donors (Lipinski definition) is 2. The van der Waals surface area contributed by atoms with E-state index in [9.17, 15) is 8.78 Å². The van der Waals surface area contributed by atoms with Gasteiger partial charge in [-0.05, 0) is 50.8 Å². The summed E-state index contributed by atoms with van der Waals surface area (Å²) < 4.78 is 30.1. The number of rotatable bonds is 8. The van der Waals surface area contributed by atoms with E-state index in [2.05, 4.69) is 25.7 Å². The average molecular weight is 465 g/mol. The minimum Gasteiger partial charge on any atom is -0.388 e. The summed E-state index contributed by atoms with van der Waals surface area (Å²) in [5.41, 5.74) is 4.22. The molecule has 176 valence electrons. The maximum Gasteiger partial charge on any atom is 0.280 e. The summed E-state index contributed by atoms with van der Waals surface area (Å²) in [6.07, 6.45) is 1.07. The molecular weight excluding hydrogens is 438 g/mol. The third kappa shape index (κ3) is 4.35. The Bertz CT molecular complexity index is 1310. The molecule has 0 atom stereocenters. The summed E-state index contributed by atoms with van der Waals surface area (Å²) in [5, 5.41) is 15.6. The van der Waals surface area contributed by atoms with Crippen molar-refractivity contribution in [2.45, 2.75) is 39.7 Å². The van der Waals surface area contributed by atoms with Gasteiger partial charge in [0, 0.05) is 36.5 Å². The topological polar surface area (TPSA) is 85.5 Å². The minimum absolute atomic E-state index is 0.204. The van der Waals surface area contributed by atoms with Crippen molar-refractivity contribution in [3.63, 3.8) is 0 Å². The van der Waals surface area contributed by atoms with Gasteiger partial charge in [0.25, 0.3) is 6.43 Å². The van der Waals surface area contributed by atoms with Crippen LogP contribution in [0.5, 0.6) is 0 Å². The second kappa shape index (κ2) is 8.85. The number of benzene rings is 1. The van der Waals surface area contributed by atoms with Crippen LogP contribution in [0, 0.1) is 19.8 Å². The first kappa shape index (κ1) is 22.0. The van der Waals surface area contributed by atoms with Crippen LogP contribution in [0.2, 0.25) is 0 Å². The average Bonchev–Trinajstić information content (AvgIpc) is 3.49. The molecule has 1 aliphatic carbocycles. The zero-order valence-electron chi connectivity index (χ0n) is 19.3. The molecule has 0 radical (unpaired) electrons. The predicted octanol–water partition coefficient (Wildman–Crippen LogP) is 5.28. The number of aromatic nitrogens is 6. The fraction of sp³-hybridized carbons (Fsp3) is 0.333. The van der Waals surface area contributed by atoms with E-state index in [-0.39, 0.29) is 11.5 Å². The molecule has 1 fully saturated rings. The highest BCUT2D eigenvalue weighted by Crippen LogP contribution is 2.36. The molecule has 3 heterocycles. The second-order valence-corrected chi connectivity index (χ2v) is 8.58. The van der Waals surface area contributed by atoms with Crippen molar-refractivity contribution in [1.29, 1.82) is 0 Å². The fourth-order valence-corrected chi connectivity index (χ4v) is 3.97. The summed E-state index contributed by atoms with van der Waals surface area (Å²) in [4.78, 5) is 8.49. The highest BCUT2D eigenvalue weighted by molar-refractivity contribution is 5.72. The van der Waals surface area contributed by atoms with E-state index >= 15 is 0 Å². The van der Waals surface area contributed by atoms with Gasteiger partial charge in [0.1, 0.15) is 23.7 Å². The highest BCUT2D eigenvalue weighted by atomic mass is 19.3. The monoisotopic (exact) mass is 464 g/mol. The first-order valence-corrected chi connectivity index (χ1v) is 11.2. The van der Waals surface area contributed by atoms with E-state index in [0.29, 0.717) is 17.4 Å². The Balaban J connectivity index is 1.50. The van der Waals surface area contributed by atoms with Crippen LogP contribution in [0.1, 0.15) is 36.2 Å². The number of halogens is 2. The van der Waals surface area contributed by atoms with E-state index in [1.54, 1.807) is 13.0 Å². The molecule has 10 heteroatoms. The lowest BCUT2D eigenvalue weighted by molar-refractivity contribution is 0.142. The Morgan fingerprint density at radius 2 is 1.82 bits per heavy atom. The summed E-state index contributed by atoms with van der Waals surface area (Å²) in [5.74, 6) is 2.20. The molecule has 0 saturated heterocycles. The van der Waals surface area contributed by atoms with Gasteiger partial charge >= 0.3 is 0 Å². The lowest BCUT2D eigenvalue weighted by Gasteiger charge is -2.11. The van der Waals surface area contributed by atoms with Crippen LogP contribution in [-0.2, 0) is 6.54 Å². The van der Waals surface area contributed by atoms with Gasteiger partial charge in [0.05, 0.1) is 11.4 Å². The highest BCUT2D eigenvalue weighted by Gasteiger charge is 2.26. The van der Waals surface area contributed by atoms with Crippen molar-refractivity contribution >= 4 is 17.3 Å². The lowest BCUT2D eigenvalue weighted by atomic mass is 10.1. The molecule has 5 rings (SSSR count). The Morgan fingerprint density at radius 3 is 2.50 bits per heavy atom. The van der Waals surface area contributed by atoms with Gasteiger partial charge in [-0.25, -0.2) is 28.1 Å². The van der Waals surface area contributed by atoms with Crippen molar-refractivity contribution in [3.05, 3.63) is 59.7 Å². The Hall–Kier alpha value is -3.82. The number of nitrogens with one attached hydrogen (secondary N) is 2. The maximum atomic E-state index is 13.5. The summed E-state index contributed by atoms with van der Waals surface area (Å²) in [6, 6.07) is 11.1. The first-order valence-electron chi connectivity index (χ1n) is 11.2. The van der Waals surface area contributed by atoms with E-state index in [1.165, 1.54) is 25.2 Å². The van der Waals surface area contributed by atoms with Crippen molar-refractivity contribution in [1.82, 2.24) is 29.5 Å². The molecule has 0 spiro atoms. The van der Waals surface area contributed by atoms with E-state index in [1.807, 2.05) is 42.9 Å². The van der Waals surface area contributed by atoms with Gasteiger partial charge in [-0.15, -0.1) is 0 Å². The van der Waals surface area contributed by atoms with Crippen LogP contribution >= 0.6 is 0 Å². The number of alkyl halides is 2. The third-order valence-corrected chi connectivity index (χ3v) is 5.96. The van der Waals surface area contributed by atoms with Crippen molar-refractivity contribution in [3.8, 4) is 17.1 Å². The summed E-state index contributed by atoms with van der Waals surface area (Å²) in [7, 11) is 1.89. The SMILES string of the molecule is CNc1ccc(-c2nn(CC3CC3)c(Nc3cc(-n4nc(C)cc4C(F)F)ncn3)c2C)cc1. The molecule has 2 N–H and O–H groups in total. The summed E-state index contributed by atoms with van der Waals surface area (Å²) in [6.45, 7) is 4.50. The van der Waals surface area contributed by atoms with Crippen molar-refractivity contribution in [2.75, 3.05) is 17.7 Å². The number of aryl methyl sites for hydroxylation is 1. The molecule has 0 bridgehead atoms. The molecule has 1 aliphatic rings. The number of hydrogen-bond acceptors (Lipinski definition) is 6. The zero-order valence-corrected chi connectivity index (χ0v) is 19.3. The van der Waals surface area contributed by atoms with Crippen LogP contribution in [0.4, 0.5) is 26.1 Å². The van der Waals surface area contributed by atoms with Gasteiger partial charge in [-0.3, -0.25) is 0 Å². The molecule has 1 saturated carbocycles. The summed E-state index contributed by atoms with van der Waals surface area (Å²) >= 11 is 0. The van der Waals surface area contributed by atoms with E-state index < -0.39 is 6.43 Å². The Kier molecular flexibility index (Phi) is 5.72. The molecule has 3 aromatic heterocycles. The molecule has 0 unspecified atom stereocenters. The quantitative estimate of drug-likeness (QED) is 0.369. The minimum atomic E-state index is -2.66. The largest absolute Gasteiger partial charge is 0.388 e. The van der Waals surface area contributed by atoms with Crippen molar-refractivity contribution in [2.24, 2.45) is 5.92 Å². The van der Waals surface area contributed by atoms with Crippen LogP contribution in [-0.4, -0.2) is 36.6 Å². The first-order chi connectivity index (χ1) is 16.4. The normalized spacial score (nSPS) is 13.5. The van der Waals surface area contributed by atoms with Gasteiger partial charge in [-0.2, -0.15) is 10.2 Å². The molecule has 8 nitrogen and oxygen atoms in total. The van der Waals surface area contributed by atoms with Crippen LogP contribution in [0.3, 0.4) is 0 Å². The molecule has 34 heavy (non-hydrogen) atoms. The van der Waals surface area contributed by atoms with Crippen LogP contribution < -0.4 is 10.6 Å². The second-order valence-electron chi connectivity index (χ2n) is 8.58. The molecular formula is C24H26F2N8. The Labute approximate surface area is 196 Å². The van der Waals surface area contributed by atoms with E-state index in [0.717, 1.165) is 39.6 Å². The van der Waals surface area contributed by atoms with Gasteiger partial charge in [0.15, 0.2) is 5.82 Å². The molecule has 1 aromatic carbocycles. The number of anilines is 3. The zero-order chi connectivity index (χ0) is 23.8. The number of nitrogens with zero attached hydrogens (tertiary/aromatic N) is 6. The molecule has 0 aliphatic heterocycles. The van der Waals surface area contributed by atoms with Crippen LogP contribution in [0.15, 0.2) is 42.7 Å². The standard InChI is InChI=1S/C24H26F2N8/c1-14-10-19(23(25)26)34(31-14)21-11-20(28-13-29-21)30-24-15(2)22(32-33(24)12-16-4-5-16)17-6-8-18(27-3)9-7-17/h6-11,13,16,23,27H,4-5,12H2,1-3H3,(H,28,29,30). The van der Waals surface area contributed by atoms with Gasteiger partial charge < -0.3 is 10.6 Å². The predicted molar refractivity (Wildman–Crippen MR) is 127 cm³/mol. The van der Waals surface area contributed by atoms with Crippen molar-refractivity contribution < 1.29 is 8.78 Å². The van der Waals surface area contributed by atoms with Crippen LogP contribution in [0.25, 0.3) is 17.1 Å². The lowest BCUT2D eigenvalue weighted by Crippen LogP contribution is -2.09. The maximum absolute atomic E-state index is 13.5. The Morgan fingerprint density at radius 1 is 1.06 bits per heavy atom. The fourth-order valence-electron chi connectivity index (χ4n) is 3.97. The molecule has 0 amide bonds. The smallest absolute Gasteiger partial charge is 0.280 e. The third-order valence-electron chi connectivity index (χ3n) is 5.96. The van der Waals surface area contributed by atoms with E-state index in [4.69, 9.17) is 5.10 Å². The van der Waals surface area contributed by atoms with Gasteiger partial charge in [-0.1, -0.05) is 12.1 Å². The molecule has 4 aromatic rings. The van der Waals surface area contributed by atoms with Gasteiger partial charge in [0.2, 0.25) is 0 Å².